The topological polar surface area (TPSA) is 55.1 Å². The Bertz CT molecular complexity index is 742. The molecule has 1 unspecified atom stereocenters. The Morgan fingerprint density at radius 3 is 2.54 bits per heavy atom. The number of nitrogen functional groups attached to an aromatic ring is 1. The maximum absolute atomic E-state index is 12.5. The molecule has 1 amide bonds. The number of hydrogen-bond donors (Lipinski definition) is 2. The summed E-state index contributed by atoms with van der Waals surface area (Å²) in [5.74, 6) is -0.0694. The van der Waals surface area contributed by atoms with Gasteiger partial charge in [-0.05, 0) is 73.9 Å². The molecule has 1 atom stereocenters. The maximum atomic E-state index is 12.5. The largest absolute Gasteiger partial charge is 0.399 e. The average Bonchev–Trinajstić information content (AvgIpc) is 2.56. The van der Waals surface area contributed by atoms with E-state index in [1.807, 2.05) is 26.0 Å². The summed E-state index contributed by atoms with van der Waals surface area (Å²) in [7, 11) is 0. The van der Waals surface area contributed by atoms with Gasteiger partial charge in [0.2, 0.25) is 0 Å². The minimum absolute atomic E-state index is 0. The Balaban J connectivity index is 0.00000208. The number of benzene rings is 2. The van der Waals surface area contributed by atoms with Gasteiger partial charge >= 0.3 is 0 Å². The van der Waals surface area contributed by atoms with Crippen molar-refractivity contribution in [2.45, 2.75) is 45.6 Å². The molecule has 1 aliphatic rings. The van der Waals surface area contributed by atoms with Crippen LogP contribution in [0.15, 0.2) is 36.4 Å². The number of nitrogens with one attached hydrogen (secondary N) is 1. The van der Waals surface area contributed by atoms with E-state index in [0.29, 0.717) is 11.3 Å². The molecular weight excluding hydrogens is 320 g/mol. The van der Waals surface area contributed by atoms with E-state index in [4.69, 9.17) is 5.73 Å². The summed E-state index contributed by atoms with van der Waals surface area (Å²) in [5.41, 5.74) is 12.1. The molecule has 1 aliphatic carbocycles. The van der Waals surface area contributed by atoms with Crippen molar-refractivity contribution in [3.05, 3.63) is 64.2 Å². The van der Waals surface area contributed by atoms with Crippen molar-refractivity contribution < 1.29 is 4.79 Å². The predicted molar refractivity (Wildman–Crippen MR) is 102 cm³/mol. The van der Waals surface area contributed by atoms with Gasteiger partial charge in [-0.25, -0.2) is 0 Å². The summed E-state index contributed by atoms with van der Waals surface area (Å²) in [6, 6.07) is 12.0. The Kier molecular flexibility index (Phi) is 5.89. The van der Waals surface area contributed by atoms with E-state index in [2.05, 4.69) is 23.5 Å². The molecule has 0 bridgehead atoms. The lowest BCUT2D eigenvalue weighted by atomic mass is 9.89. The summed E-state index contributed by atoms with van der Waals surface area (Å²) < 4.78 is 0. The first-order valence-corrected chi connectivity index (χ1v) is 8.33. The molecule has 4 heteroatoms. The quantitative estimate of drug-likeness (QED) is 0.812. The SMILES string of the molecule is Cc1ccc(N)cc1C(=O)NC(C)c1ccc2c(c1)CCCC2.Cl. The number of carbonyl (C=O) groups is 1. The minimum atomic E-state index is -0.0694. The third-order valence-electron chi connectivity index (χ3n) is 4.73. The Morgan fingerprint density at radius 2 is 1.79 bits per heavy atom. The molecule has 0 aromatic heterocycles. The molecule has 128 valence electrons. The third kappa shape index (κ3) is 3.90. The molecule has 0 heterocycles. The van der Waals surface area contributed by atoms with Crippen LogP contribution in [0, 0.1) is 6.92 Å². The van der Waals surface area contributed by atoms with Gasteiger partial charge in [0, 0.05) is 11.3 Å². The van der Waals surface area contributed by atoms with Crippen LogP contribution in [0.3, 0.4) is 0 Å². The van der Waals surface area contributed by atoms with Gasteiger partial charge in [0.1, 0.15) is 0 Å². The van der Waals surface area contributed by atoms with Gasteiger partial charge in [-0.2, -0.15) is 0 Å². The highest BCUT2D eigenvalue weighted by atomic mass is 35.5. The minimum Gasteiger partial charge on any atom is -0.399 e. The molecule has 3 N–H and O–H groups in total. The van der Waals surface area contributed by atoms with Crippen molar-refractivity contribution in [3.8, 4) is 0 Å². The van der Waals surface area contributed by atoms with Gasteiger partial charge < -0.3 is 11.1 Å². The van der Waals surface area contributed by atoms with E-state index in [9.17, 15) is 4.79 Å². The Labute approximate surface area is 150 Å². The van der Waals surface area contributed by atoms with Crippen LogP contribution < -0.4 is 11.1 Å². The van der Waals surface area contributed by atoms with Crippen molar-refractivity contribution in [2.24, 2.45) is 0 Å². The zero-order valence-corrected chi connectivity index (χ0v) is 15.1. The number of rotatable bonds is 3. The Morgan fingerprint density at radius 1 is 1.08 bits per heavy atom. The molecule has 0 radical (unpaired) electrons. The number of amides is 1. The molecule has 0 spiro atoms. The Hall–Kier alpha value is -2.00. The predicted octanol–water partition coefficient (Wildman–Crippen LogP) is 4.37. The molecular formula is C20H25ClN2O. The fraction of sp³-hybridized carbons (Fsp3) is 0.350. The van der Waals surface area contributed by atoms with E-state index < -0.39 is 0 Å². The number of anilines is 1. The van der Waals surface area contributed by atoms with Gasteiger partial charge in [-0.3, -0.25) is 4.79 Å². The van der Waals surface area contributed by atoms with E-state index in [-0.39, 0.29) is 24.4 Å². The lowest BCUT2D eigenvalue weighted by molar-refractivity contribution is 0.0939. The summed E-state index contributed by atoms with van der Waals surface area (Å²) in [4.78, 5) is 12.5. The summed E-state index contributed by atoms with van der Waals surface area (Å²) in [6.07, 6.45) is 4.88. The van der Waals surface area contributed by atoms with E-state index in [1.54, 1.807) is 6.07 Å². The number of aryl methyl sites for hydroxylation is 3. The first-order chi connectivity index (χ1) is 11.0. The van der Waals surface area contributed by atoms with Gasteiger partial charge in [-0.15, -0.1) is 12.4 Å². The monoisotopic (exact) mass is 344 g/mol. The standard InChI is InChI=1S/C20H24N2O.ClH/c1-13-7-10-18(21)12-19(13)20(23)22-14(2)16-9-8-15-5-3-4-6-17(15)11-16;/h7-12,14H,3-6,21H2,1-2H3,(H,22,23);1H. The van der Waals surface area contributed by atoms with Crippen molar-refractivity contribution in [2.75, 3.05) is 5.73 Å². The van der Waals surface area contributed by atoms with Crippen LogP contribution in [-0.4, -0.2) is 5.91 Å². The lowest BCUT2D eigenvalue weighted by Crippen LogP contribution is -2.27. The second-order valence-electron chi connectivity index (χ2n) is 6.50. The van der Waals surface area contributed by atoms with Crippen LogP contribution >= 0.6 is 12.4 Å². The van der Waals surface area contributed by atoms with Crippen LogP contribution in [0.4, 0.5) is 5.69 Å². The van der Waals surface area contributed by atoms with Crippen LogP contribution in [0.2, 0.25) is 0 Å². The second-order valence-corrected chi connectivity index (χ2v) is 6.50. The lowest BCUT2D eigenvalue weighted by Gasteiger charge is -2.20. The summed E-state index contributed by atoms with van der Waals surface area (Å²) in [5, 5.41) is 3.09. The molecule has 3 rings (SSSR count). The fourth-order valence-corrected chi connectivity index (χ4v) is 3.26. The third-order valence-corrected chi connectivity index (χ3v) is 4.73. The highest BCUT2D eigenvalue weighted by Crippen LogP contribution is 2.25. The first-order valence-electron chi connectivity index (χ1n) is 8.33. The van der Waals surface area contributed by atoms with Crippen LogP contribution in [0.1, 0.15) is 58.4 Å². The number of nitrogens with two attached hydrogens (primary N) is 1. The average molecular weight is 345 g/mol. The molecule has 0 fully saturated rings. The van der Waals surface area contributed by atoms with Crippen LogP contribution in [-0.2, 0) is 12.8 Å². The number of hydrogen-bond acceptors (Lipinski definition) is 2. The fourth-order valence-electron chi connectivity index (χ4n) is 3.26. The summed E-state index contributed by atoms with van der Waals surface area (Å²) >= 11 is 0. The second kappa shape index (κ2) is 7.71. The number of fused-ring (bicyclic) bond motifs is 1. The van der Waals surface area contributed by atoms with Crippen molar-refractivity contribution >= 4 is 24.0 Å². The zero-order valence-electron chi connectivity index (χ0n) is 14.3. The van der Waals surface area contributed by atoms with Crippen molar-refractivity contribution in [3.63, 3.8) is 0 Å². The number of halogens is 1. The van der Waals surface area contributed by atoms with Crippen LogP contribution in [0.5, 0.6) is 0 Å². The molecule has 2 aromatic rings. The normalized spacial score (nSPS) is 14.2. The smallest absolute Gasteiger partial charge is 0.252 e. The summed E-state index contributed by atoms with van der Waals surface area (Å²) in [6.45, 7) is 3.96. The van der Waals surface area contributed by atoms with Crippen molar-refractivity contribution in [1.29, 1.82) is 0 Å². The van der Waals surface area contributed by atoms with E-state index >= 15 is 0 Å². The highest BCUT2D eigenvalue weighted by Gasteiger charge is 2.16. The first kappa shape index (κ1) is 18.3. The zero-order chi connectivity index (χ0) is 16.4. The van der Waals surface area contributed by atoms with E-state index in [0.717, 1.165) is 12.0 Å². The van der Waals surface area contributed by atoms with Gasteiger partial charge in [0.25, 0.3) is 5.91 Å². The van der Waals surface area contributed by atoms with Gasteiger partial charge in [0.05, 0.1) is 6.04 Å². The van der Waals surface area contributed by atoms with Crippen LogP contribution in [0.25, 0.3) is 0 Å². The molecule has 24 heavy (non-hydrogen) atoms. The van der Waals surface area contributed by atoms with E-state index in [1.165, 1.54) is 36.0 Å². The maximum Gasteiger partial charge on any atom is 0.252 e. The van der Waals surface area contributed by atoms with Gasteiger partial charge in [0.15, 0.2) is 0 Å². The van der Waals surface area contributed by atoms with Gasteiger partial charge in [-0.1, -0.05) is 24.3 Å². The highest BCUT2D eigenvalue weighted by molar-refractivity contribution is 5.96. The molecule has 3 nitrogen and oxygen atoms in total. The molecule has 0 saturated heterocycles. The van der Waals surface area contributed by atoms with Crippen molar-refractivity contribution in [1.82, 2.24) is 5.32 Å². The molecule has 0 aliphatic heterocycles. The molecule has 0 saturated carbocycles. The molecule has 2 aromatic carbocycles. The number of carbonyl (C=O) groups excluding carboxylic acids is 1.